The van der Waals surface area contributed by atoms with Gasteiger partial charge >= 0.3 is 6.18 Å². The predicted molar refractivity (Wildman–Crippen MR) is 134 cm³/mol. The Kier molecular flexibility index (Phi) is 7.71. The Labute approximate surface area is 218 Å². The number of ether oxygens (including phenoxy) is 2. The Morgan fingerprint density at radius 1 is 1.21 bits per heavy atom. The van der Waals surface area contributed by atoms with Crippen LogP contribution in [0.2, 0.25) is 0 Å². The Bertz CT molecular complexity index is 1450. The Morgan fingerprint density at radius 2 is 1.95 bits per heavy atom. The van der Waals surface area contributed by atoms with Crippen molar-refractivity contribution >= 4 is 26.7 Å². The van der Waals surface area contributed by atoms with Gasteiger partial charge in [-0.25, -0.2) is 22.8 Å². The molecule has 4 rings (SSSR count). The molecule has 1 aliphatic heterocycles. The van der Waals surface area contributed by atoms with Crippen LogP contribution in [0.4, 0.5) is 23.4 Å². The van der Waals surface area contributed by atoms with E-state index in [-0.39, 0.29) is 24.0 Å². The molecule has 0 saturated carbocycles. The fraction of sp³-hybridized carbons (Fsp3) is 0.440. The number of fused-ring (bicyclic) bond motifs is 1. The summed E-state index contributed by atoms with van der Waals surface area (Å²) in [5, 5.41) is 3.48. The van der Waals surface area contributed by atoms with Crippen molar-refractivity contribution in [1.29, 1.82) is 0 Å². The van der Waals surface area contributed by atoms with E-state index in [1.807, 2.05) is 0 Å². The molecule has 3 aromatic rings. The molecule has 0 spiro atoms. The maximum absolute atomic E-state index is 14.8. The van der Waals surface area contributed by atoms with E-state index >= 15 is 0 Å². The van der Waals surface area contributed by atoms with E-state index in [0.717, 1.165) is 18.7 Å². The molecule has 2 heterocycles. The van der Waals surface area contributed by atoms with Gasteiger partial charge in [0, 0.05) is 23.6 Å². The second kappa shape index (κ2) is 10.5. The molecule has 0 aliphatic carbocycles. The fourth-order valence-electron chi connectivity index (χ4n) is 4.62. The van der Waals surface area contributed by atoms with Gasteiger partial charge in [0.25, 0.3) is 0 Å². The zero-order valence-corrected chi connectivity index (χ0v) is 22.1. The number of aryl methyl sites for hydroxylation is 1. The molecule has 0 amide bonds. The van der Waals surface area contributed by atoms with Crippen molar-refractivity contribution in [3.63, 3.8) is 0 Å². The molecule has 1 aromatic heterocycles. The van der Waals surface area contributed by atoms with Crippen LogP contribution in [0, 0.1) is 12.7 Å². The third kappa shape index (κ3) is 5.78. The first-order chi connectivity index (χ1) is 17.8. The summed E-state index contributed by atoms with van der Waals surface area (Å²) in [7, 11) is -1.93. The van der Waals surface area contributed by atoms with Crippen LogP contribution >= 0.6 is 0 Å². The zero-order valence-electron chi connectivity index (χ0n) is 21.3. The van der Waals surface area contributed by atoms with E-state index in [2.05, 4.69) is 15.3 Å². The van der Waals surface area contributed by atoms with Crippen LogP contribution in [0.1, 0.15) is 42.8 Å². The second-order valence-electron chi connectivity index (χ2n) is 9.19. The van der Waals surface area contributed by atoms with Crippen molar-refractivity contribution in [1.82, 2.24) is 14.3 Å². The summed E-state index contributed by atoms with van der Waals surface area (Å²) in [6.45, 7) is 3.70. The molecule has 0 unspecified atom stereocenters. The van der Waals surface area contributed by atoms with Gasteiger partial charge in [0.15, 0.2) is 11.5 Å². The van der Waals surface area contributed by atoms with Gasteiger partial charge in [0.2, 0.25) is 10.0 Å². The second-order valence-corrected chi connectivity index (χ2v) is 11.1. The summed E-state index contributed by atoms with van der Waals surface area (Å²) in [5.74, 6) is -0.0333. The molecule has 2 aromatic carbocycles. The highest BCUT2D eigenvalue weighted by Crippen LogP contribution is 2.37. The SMILES string of the molecule is COc1cc2nc(C)nc(N[C@H](C)c3cccc(C(F)(F)F)c3F)c2cc1OC[C@@H]1CCCN1S(C)(=O)=O. The summed E-state index contributed by atoms with van der Waals surface area (Å²) in [6, 6.07) is 5.17. The molecule has 1 saturated heterocycles. The largest absolute Gasteiger partial charge is 0.493 e. The molecule has 8 nitrogen and oxygen atoms in total. The van der Waals surface area contributed by atoms with E-state index < -0.39 is 33.6 Å². The first kappa shape index (κ1) is 27.8. The molecule has 1 fully saturated rings. The number of benzene rings is 2. The van der Waals surface area contributed by atoms with Crippen LogP contribution in [0.25, 0.3) is 10.9 Å². The average molecular weight is 557 g/mol. The number of hydrogen-bond donors (Lipinski definition) is 1. The molecular weight excluding hydrogens is 528 g/mol. The first-order valence-corrected chi connectivity index (χ1v) is 13.7. The number of sulfonamides is 1. The molecular formula is C25H28F4N4O4S. The molecule has 2 atom stereocenters. The monoisotopic (exact) mass is 556 g/mol. The van der Waals surface area contributed by atoms with Gasteiger partial charge < -0.3 is 14.8 Å². The van der Waals surface area contributed by atoms with Crippen LogP contribution in [-0.2, 0) is 16.2 Å². The van der Waals surface area contributed by atoms with Gasteiger partial charge in [0.05, 0.1) is 36.5 Å². The summed E-state index contributed by atoms with van der Waals surface area (Å²) in [6.07, 6.45) is -2.29. The van der Waals surface area contributed by atoms with Crippen molar-refractivity contribution in [2.24, 2.45) is 0 Å². The number of alkyl halides is 3. The number of hydrogen-bond acceptors (Lipinski definition) is 7. The number of aromatic nitrogens is 2. The third-order valence-electron chi connectivity index (χ3n) is 6.43. The van der Waals surface area contributed by atoms with Gasteiger partial charge in [-0.1, -0.05) is 12.1 Å². The van der Waals surface area contributed by atoms with Gasteiger partial charge in [-0.2, -0.15) is 17.5 Å². The number of anilines is 1. The lowest BCUT2D eigenvalue weighted by Gasteiger charge is -2.23. The van der Waals surface area contributed by atoms with Gasteiger partial charge in [0.1, 0.15) is 24.1 Å². The molecule has 1 N–H and O–H groups in total. The van der Waals surface area contributed by atoms with E-state index in [0.29, 0.717) is 47.3 Å². The lowest BCUT2D eigenvalue weighted by molar-refractivity contribution is -0.140. The Morgan fingerprint density at radius 3 is 2.61 bits per heavy atom. The van der Waals surface area contributed by atoms with Gasteiger partial charge in [-0.05, 0) is 38.8 Å². The van der Waals surface area contributed by atoms with Crippen molar-refractivity contribution in [2.45, 2.75) is 44.9 Å². The van der Waals surface area contributed by atoms with E-state index in [9.17, 15) is 26.0 Å². The molecule has 38 heavy (non-hydrogen) atoms. The minimum Gasteiger partial charge on any atom is -0.493 e. The summed E-state index contributed by atoms with van der Waals surface area (Å²) < 4.78 is 91.5. The normalized spacial score (nSPS) is 17.5. The highest BCUT2D eigenvalue weighted by molar-refractivity contribution is 7.88. The Balaban J connectivity index is 1.67. The van der Waals surface area contributed by atoms with Gasteiger partial charge in [-0.3, -0.25) is 0 Å². The van der Waals surface area contributed by atoms with E-state index in [1.54, 1.807) is 19.1 Å². The van der Waals surface area contributed by atoms with Crippen molar-refractivity contribution in [2.75, 3.05) is 31.8 Å². The van der Waals surface area contributed by atoms with Crippen molar-refractivity contribution in [3.05, 3.63) is 53.1 Å². The topological polar surface area (TPSA) is 93.7 Å². The summed E-state index contributed by atoms with van der Waals surface area (Å²) in [5.41, 5.74) is -1.04. The van der Waals surface area contributed by atoms with Crippen LogP contribution in [0.15, 0.2) is 30.3 Å². The standard InChI is InChI=1S/C25H28F4N4O4S/c1-14(17-8-5-9-19(23(17)26)25(27,28)29)30-24-18-11-22(21(36-3)12-20(18)31-15(2)32-24)37-13-16-7-6-10-33(16)38(4,34)35/h5,8-9,11-12,14,16H,6-7,10,13H2,1-4H3,(H,30,31,32)/t14-,16+/m1/s1. The fourth-order valence-corrected chi connectivity index (χ4v) is 5.79. The Hall–Kier alpha value is -3.19. The smallest absolute Gasteiger partial charge is 0.419 e. The molecule has 0 bridgehead atoms. The van der Waals surface area contributed by atoms with Crippen molar-refractivity contribution in [3.8, 4) is 11.5 Å². The first-order valence-electron chi connectivity index (χ1n) is 11.9. The quantitative estimate of drug-likeness (QED) is 0.387. The number of methoxy groups -OCH3 is 1. The average Bonchev–Trinajstić information content (AvgIpc) is 3.31. The minimum atomic E-state index is -4.83. The molecule has 1 aliphatic rings. The van der Waals surface area contributed by atoms with Crippen LogP contribution in [0.3, 0.4) is 0 Å². The summed E-state index contributed by atoms with van der Waals surface area (Å²) in [4.78, 5) is 8.81. The van der Waals surface area contributed by atoms with Crippen LogP contribution in [0.5, 0.6) is 11.5 Å². The molecule has 13 heteroatoms. The number of halogens is 4. The maximum atomic E-state index is 14.8. The van der Waals surface area contributed by atoms with Crippen molar-refractivity contribution < 1.29 is 35.5 Å². The third-order valence-corrected chi connectivity index (χ3v) is 7.76. The number of nitrogens with one attached hydrogen (secondary N) is 1. The predicted octanol–water partition coefficient (Wildman–Crippen LogP) is 5.08. The zero-order chi connectivity index (χ0) is 27.8. The molecule has 0 radical (unpaired) electrons. The number of nitrogens with zero attached hydrogens (tertiary/aromatic N) is 3. The molecule has 206 valence electrons. The van der Waals surface area contributed by atoms with E-state index in [4.69, 9.17) is 9.47 Å². The summed E-state index contributed by atoms with van der Waals surface area (Å²) >= 11 is 0. The maximum Gasteiger partial charge on any atom is 0.419 e. The van der Waals surface area contributed by atoms with Crippen LogP contribution in [-0.4, -0.2) is 55.3 Å². The van der Waals surface area contributed by atoms with E-state index in [1.165, 1.54) is 24.4 Å². The van der Waals surface area contributed by atoms with Crippen LogP contribution < -0.4 is 14.8 Å². The van der Waals surface area contributed by atoms with Gasteiger partial charge in [-0.15, -0.1) is 0 Å². The number of rotatable bonds is 8. The lowest BCUT2D eigenvalue weighted by atomic mass is 10.0. The highest BCUT2D eigenvalue weighted by Gasteiger charge is 2.35. The lowest BCUT2D eigenvalue weighted by Crippen LogP contribution is -2.38. The minimum absolute atomic E-state index is 0.0935. The highest BCUT2D eigenvalue weighted by atomic mass is 32.2.